The molecule has 4 heteroatoms. The summed E-state index contributed by atoms with van der Waals surface area (Å²) in [5, 5.41) is 12.2. The van der Waals surface area contributed by atoms with Gasteiger partial charge < -0.3 is 19.9 Å². The van der Waals surface area contributed by atoms with Crippen molar-refractivity contribution in [1.82, 2.24) is 5.32 Å². The van der Waals surface area contributed by atoms with Gasteiger partial charge in [0.15, 0.2) is 0 Å². The molecule has 1 unspecified atom stereocenters. The Morgan fingerprint density at radius 1 is 1.25 bits per heavy atom. The van der Waals surface area contributed by atoms with Crippen molar-refractivity contribution in [2.75, 3.05) is 33.0 Å². The van der Waals surface area contributed by atoms with Crippen LogP contribution in [0.25, 0.3) is 0 Å². The van der Waals surface area contributed by atoms with E-state index in [1.807, 2.05) is 13.8 Å². The lowest BCUT2D eigenvalue weighted by Crippen LogP contribution is -2.35. The van der Waals surface area contributed by atoms with Crippen molar-refractivity contribution < 1.29 is 14.6 Å². The van der Waals surface area contributed by atoms with Crippen molar-refractivity contribution in [2.24, 2.45) is 0 Å². The van der Waals surface area contributed by atoms with Gasteiger partial charge in [0, 0.05) is 12.6 Å². The number of aliphatic hydroxyl groups excluding tert-OH is 1. The van der Waals surface area contributed by atoms with Gasteiger partial charge in [0.1, 0.15) is 0 Å². The Bertz CT molecular complexity index is 142. The van der Waals surface area contributed by atoms with Crippen LogP contribution in [0.15, 0.2) is 0 Å². The second-order valence-corrected chi connectivity index (χ2v) is 4.16. The third-order valence-corrected chi connectivity index (χ3v) is 2.16. The Morgan fingerprint density at radius 3 is 2.56 bits per heavy atom. The summed E-state index contributed by atoms with van der Waals surface area (Å²) in [6.45, 7) is 9.21. The maximum atomic E-state index is 8.89. The maximum absolute atomic E-state index is 8.89. The second-order valence-electron chi connectivity index (χ2n) is 4.16. The summed E-state index contributed by atoms with van der Waals surface area (Å²) in [5.74, 6) is 0. The molecule has 0 aliphatic heterocycles. The van der Waals surface area contributed by atoms with E-state index >= 15 is 0 Å². The van der Waals surface area contributed by atoms with Gasteiger partial charge in [-0.15, -0.1) is 0 Å². The standard InChI is InChI=1S/C12H27NO3/c1-4-6-13-12(5-7-14)10-15-8-9-16-11(2)3/h11-14H,4-10H2,1-3H3. The number of nitrogens with one attached hydrogen (secondary N) is 1. The molecule has 0 saturated carbocycles. The Kier molecular flexibility index (Phi) is 11.2. The largest absolute Gasteiger partial charge is 0.396 e. The van der Waals surface area contributed by atoms with Crippen LogP contribution >= 0.6 is 0 Å². The van der Waals surface area contributed by atoms with Crippen molar-refractivity contribution in [2.45, 2.75) is 45.8 Å². The first-order chi connectivity index (χ1) is 7.70. The quantitative estimate of drug-likeness (QED) is 0.526. The van der Waals surface area contributed by atoms with E-state index in [4.69, 9.17) is 14.6 Å². The Labute approximate surface area is 99.3 Å². The van der Waals surface area contributed by atoms with E-state index in [1.54, 1.807) is 0 Å². The maximum Gasteiger partial charge on any atom is 0.0703 e. The van der Waals surface area contributed by atoms with Gasteiger partial charge >= 0.3 is 0 Å². The highest BCUT2D eigenvalue weighted by molar-refractivity contribution is 4.64. The molecule has 98 valence electrons. The van der Waals surface area contributed by atoms with E-state index in [0.717, 1.165) is 19.4 Å². The third kappa shape index (κ3) is 10.4. The topological polar surface area (TPSA) is 50.7 Å². The summed E-state index contributed by atoms with van der Waals surface area (Å²) in [4.78, 5) is 0. The molecular formula is C12H27NO3. The van der Waals surface area contributed by atoms with E-state index < -0.39 is 0 Å². The van der Waals surface area contributed by atoms with Crippen molar-refractivity contribution in [1.29, 1.82) is 0 Å². The monoisotopic (exact) mass is 233 g/mol. The second kappa shape index (κ2) is 11.3. The summed E-state index contributed by atoms with van der Waals surface area (Å²) >= 11 is 0. The van der Waals surface area contributed by atoms with Crippen molar-refractivity contribution in [3.8, 4) is 0 Å². The summed E-state index contributed by atoms with van der Waals surface area (Å²) in [6, 6.07) is 0.254. The molecule has 2 N–H and O–H groups in total. The molecule has 0 radical (unpaired) electrons. The SMILES string of the molecule is CCCNC(CCO)COCCOC(C)C. The fourth-order valence-electron chi connectivity index (χ4n) is 1.32. The van der Waals surface area contributed by atoms with E-state index in [9.17, 15) is 0 Å². The van der Waals surface area contributed by atoms with Crippen molar-refractivity contribution in [3.63, 3.8) is 0 Å². The average Bonchev–Trinajstić information content (AvgIpc) is 2.24. The lowest BCUT2D eigenvalue weighted by molar-refractivity contribution is 0.0122. The molecule has 0 aromatic carbocycles. The highest BCUT2D eigenvalue weighted by Crippen LogP contribution is 1.94. The van der Waals surface area contributed by atoms with Crippen LogP contribution < -0.4 is 5.32 Å². The molecule has 16 heavy (non-hydrogen) atoms. The van der Waals surface area contributed by atoms with Gasteiger partial charge in [-0.1, -0.05) is 6.92 Å². The van der Waals surface area contributed by atoms with Gasteiger partial charge in [0.05, 0.1) is 25.9 Å². The predicted octanol–water partition coefficient (Wildman–Crippen LogP) is 1.18. The van der Waals surface area contributed by atoms with E-state index in [-0.39, 0.29) is 18.8 Å². The molecule has 0 bridgehead atoms. The van der Waals surface area contributed by atoms with Gasteiger partial charge in [0.2, 0.25) is 0 Å². The number of rotatable bonds is 11. The van der Waals surface area contributed by atoms with Crippen molar-refractivity contribution in [3.05, 3.63) is 0 Å². The van der Waals surface area contributed by atoms with Crippen LogP contribution in [0.1, 0.15) is 33.6 Å². The van der Waals surface area contributed by atoms with E-state index in [0.29, 0.717) is 19.8 Å². The molecule has 1 atom stereocenters. The first-order valence-corrected chi connectivity index (χ1v) is 6.24. The predicted molar refractivity (Wildman–Crippen MR) is 65.7 cm³/mol. The van der Waals surface area contributed by atoms with Crippen LogP contribution in [0, 0.1) is 0 Å². The van der Waals surface area contributed by atoms with Crippen molar-refractivity contribution >= 4 is 0 Å². The molecular weight excluding hydrogens is 206 g/mol. The molecule has 0 amide bonds. The molecule has 0 fully saturated rings. The minimum atomic E-state index is 0.202. The average molecular weight is 233 g/mol. The first-order valence-electron chi connectivity index (χ1n) is 6.24. The van der Waals surface area contributed by atoms with Crippen LogP contribution in [0.5, 0.6) is 0 Å². The smallest absolute Gasteiger partial charge is 0.0703 e. The summed E-state index contributed by atoms with van der Waals surface area (Å²) < 4.78 is 10.9. The van der Waals surface area contributed by atoms with Gasteiger partial charge in [0.25, 0.3) is 0 Å². The zero-order chi connectivity index (χ0) is 12.2. The highest BCUT2D eigenvalue weighted by Gasteiger charge is 2.06. The fraction of sp³-hybridized carbons (Fsp3) is 1.00. The third-order valence-electron chi connectivity index (χ3n) is 2.16. The first kappa shape index (κ1) is 15.8. The number of hydrogen-bond acceptors (Lipinski definition) is 4. The molecule has 0 heterocycles. The fourth-order valence-corrected chi connectivity index (χ4v) is 1.32. The van der Waals surface area contributed by atoms with Crippen LogP contribution in [0.3, 0.4) is 0 Å². The van der Waals surface area contributed by atoms with Gasteiger partial charge in [-0.2, -0.15) is 0 Å². The van der Waals surface area contributed by atoms with E-state index in [2.05, 4.69) is 12.2 Å². The summed E-state index contributed by atoms with van der Waals surface area (Å²) in [5.41, 5.74) is 0. The lowest BCUT2D eigenvalue weighted by atomic mass is 10.2. The minimum Gasteiger partial charge on any atom is -0.396 e. The van der Waals surface area contributed by atoms with Crippen LogP contribution in [0.2, 0.25) is 0 Å². The molecule has 0 aliphatic rings. The molecule has 0 aliphatic carbocycles. The number of hydrogen-bond donors (Lipinski definition) is 2. The molecule has 0 aromatic heterocycles. The van der Waals surface area contributed by atoms with Gasteiger partial charge in [-0.3, -0.25) is 0 Å². The Balaban J connectivity index is 3.43. The Morgan fingerprint density at radius 2 is 2.00 bits per heavy atom. The Hall–Kier alpha value is -0.160. The molecule has 0 aromatic rings. The minimum absolute atomic E-state index is 0.202. The van der Waals surface area contributed by atoms with Gasteiger partial charge in [-0.05, 0) is 33.2 Å². The number of ether oxygens (including phenoxy) is 2. The molecule has 4 nitrogen and oxygen atoms in total. The summed E-state index contributed by atoms with van der Waals surface area (Å²) in [7, 11) is 0. The molecule has 0 saturated heterocycles. The number of aliphatic hydroxyl groups is 1. The van der Waals surface area contributed by atoms with Crippen LogP contribution in [-0.4, -0.2) is 50.2 Å². The van der Waals surface area contributed by atoms with Crippen LogP contribution in [0.4, 0.5) is 0 Å². The molecule has 0 rings (SSSR count). The zero-order valence-corrected chi connectivity index (χ0v) is 10.9. The van der Waals surface area contributed by atoms with Crippen LogP contribution in [-0.2, 0) is 9.47 Å². The zero-order valence-electron chi connectivity index (χ0n) is 10.9. The van der Waals surface area contributed by atoms with E-state index in [1.165, 1.54) is 0 Å². The van der Waals surface area contributed by atoms with Gasteiger partial charge in [-0.25, -0.2) is 0 Å². The lowest BCUT2D eigenvalue weighted by Gasteiger charge is -2.17. The summed E-state index contributed by atoms with van der Waals surface area (Å²) in [6.07, 6.45) is 2.10. The molecule has 0 spiro atoms. The highest BCUT2D eigenvalue weighted by atomic mass is 16.5. The normalized spacial score (nSPS) is 13.3.